The number of hydrogen-bond acceptors (Lipinski definition) is 9. The fourth-order valence-corrected chi connectivity index (χ4v) is 9.26. The number of carbonyl (C=O) groups is 3. The number of nitrogens with zero attached hydrogens (tertiary/aromatic N) is 6. The number of piperidine rings is 2. The van der Waals surface area contributed by atoms with E-state index in [9.17, 15) is 19.2 Å². The van der Waals surface area contributed by atoms with Crippen molar-refractivity contribution < 1.29 is 23.9 Å². The molecular formula is C42H48N8O6. The summed E-state index contributed by atoms with van der Waals surface area (Å²) < 4.78 is 17.3. The van der Waals surface area contributed by atoms with Gasteiger partial charge in [0.15, 0.2) is 0 Å². The van der Waals surface area contributed by atoms with Crippen LogP contribution in [0.5, 0.6) is 11.6 Å². The molecule has 9 rings (SSSR count). The molecule has 3 fully saturated rings. The molecule has 14 heteroatoms. The maximum atomic E-state index is 13.5. The lowest BCUT2D eigenvalue weighted by atomic mass is 9.84. The third-order valence-electron chi connectivity index (χ3n) is 12.3. The Kier molecular flexibility index (Phi) is 9.82. The van der Waals surface area contributed by atoms with Crippen molar-refractivity contribution in [3.05, 3.63) is 76.5 Å². The number of aromatic nitrogens is 5. The van der Waals surface area contributed by atoms with Crippen LogP contribution >= 0.6 is 0 Å². The maximum Gasteiger partial charge on any atom is 0.329 e. The smallest absolute Gasteiger partial charge is 0.329 e. The van der Waals surface area contributed by atoms with Gasteiger partial charge in [0.1, 0.15) is 17.5 Å². The fraction of sp³-hybridized carbons (Fsp3) is 0.476. The van der Waals surface area contributed by atoms with E-state index >= 15 is 0 Å². The lowest BCUT2D eigenvalue weighted by Crippen LogP contribution is -2.44. The van der Waals surface area contributed by atoms with E-state index in [0.29, 0.717) is 54.8 Å². The molecule has 2 saturated heterocycles. The molecule has 2 aromatic carbocycles. The summed E-state index contributed by atoms with van der Waals surface area (Å²) in [5.41, 5.74) is 4.33. The van der Waals surface area contributed by atoms with Gasteiger partial charge in [0.2, 0.25) is 17.7 Å². The number of pyridine rings is 1. The Hall–Kier alpha value is -5.50. The third-order valence-corrected chi connectivity index (χ3v) is 12.3. The molecule has 292 valence electrons. The van der Waals surface area contributed by atoms with Crippen molar-refractivity contribution in [1.82, 2.24) is 34.1 Å². The zero-order valence-corrected chi connectivity index (χ0v) is 31.7. The first-order chi connectivity index (χ1) is 27.3. The molecule has 1 aliphatic carbocycles. The van der Waals surface area contributed by atoms with Crippen molar-refractivity contribution in [2.75, 3.05) is 38.2 Å². The number of likely N-dealkylation sites (tertiary alicyclic amines) is 1. The second-order valence-electron chi connectivity index (χ2n) is 15.9. The predicted molar refractivity (Wildman–Crippen MR) is 210 cm³/mol. The highest BCUT2D eigenvalue weighted by Gasteiger charge is 2.33. The molecule has 5 aromatic rings. The van der Waals surface area contributed by atoms with Crippen molar-refractivity contribution >= 4 is 45.3 Å². The van der Waals surface area contributed by atoms with E-state index in [4.69, 9.17) is 14.6 Å². The van der Waals surface area contributed by atoms with Crippen molar-refractivity contribution in [2.24, 2.45) is 13.0 Å². The summed E-state index contributed by atoms with van der Waals surface area (Å²) in [6.45, 7) is 4.11. The van der Waals surface area contributed by atoms with Crippen LogP contribution in [0, 0.1) is 5.92 Å². The molecule has 1 saturated carbocycles. The summed E-state index contributed by atoms with van der Waals surface area (Å²) in [6, 6.07) is 14.8. The van der Waals surface area contributed by atoms with Crippen LogP contribution in [0.25, 0.3) is 21.9 Å². The van der Waals surface area contributed by atoms with E-state index in [-0.39, 0.29) is 29.6 Å². The van der Waals surface area contributed by atoms with Gasteiger partial charge in [-0.2, -0.15) is 5.10 Å². The first-order valence-electron chi connectivity index (χ1n) is 20.1. The molecular weight excluding hydrogens is 713 g/mol. The van der Waals surface area contributed by atoms with Crippen LogP contribution in [0.4, 0.5) is 5.69 Å². The number of aryl methyl sites for hydroxylation is 1. The largest absolute Gasteiger partial charge is 0.491 e. The number of benzene rings is 2. The van der Waals surface area contributed by atoms with Crippen LogP contribution in [-0.4, -0.2) is 79.4 Å². The maximum absolute atomic E-state index is 13.5. The summed E-state index contributed by atoms with van der Waals surface area (Å²) in [4.78, 5) is 58.2. The molecule has 1 unspecified atom stereocenters. The van der Waals surface area contributed by atoms with E-state index in [1.54, 1.807) is 34.4 Å². The second kappa shape index (κ2) is 15.2. The minimum Gasteiger partial charge on any atom is -0.491 e. The number of ether oxygens (including phenoxy) is 2. The van der Waals surface area contributed by atoms with Gasteiger partial charge in [0, 0.05) is 43.7 Å². The summed E-state index contributed by atoms with van der Waals surface area (Å²) >= 11 is 0. The summed E-state index contributed by atoms with van der Waals surface area (Å²) in [7, 11) is 1.79. The van der Waals surface area contributed by atoms with E-state index in [2.05, 4.69) is 37.5 Å². The molecule has 1 atom stereocenters. The normalized spacial score (nSPS) is 22.9. The van der Waals surface area contributed by atoms with Gasteiger partial charge in [-0.3, -0.25) is 33.5 Å². The quantitative estimate of drug-likeness (QED) is 0.222. The van der Waals surface area contributed by atoms with E-state index < -0.39 is 11.9 Å². The van der Waals surface area contributed by atoms with E-state index in [1.165, 1.54) is 0 Å². The van der Waals surface area contributed by atoms with Crippen molar-refractivity contribution in [1.29, 1.82) is 0 Å². The molecule has 3 aliphatic heterocycles. The Morgan fingerprint density at radius 2 is 1.64 bits per heavy atom. The predicted octanol–water partition coefficient (Wildman–Crippen LogP) is 5.48. The minimum atomic E-state index is -0.681. The van der Waals surface area contributed by atoms with Gasteiger partial charge in [-0.1, -0.05) is 18.2 Å². The average Bonchev–Trinajstić information content (AvgIpc) is 3.73. The lowest BCUT2D eigenvalue weighted by molar-refractivity contribution is -0.135. The molecule has 56 heavy (non-hydrogen) atoms. The number of carbonyl (C=O) groups excluding carboxylic acids is 3. The highest BCUT2D eigenvalue weighted by Crippen LogP contribution is 2.38. The van der Waals surface area contributed by atoms with Crippen LogP contribution in [-0.2, 0) is 16.6 Å². The molecule has 3 amide bonds. The highest BCUT2D eigenvalue weighted by atomic mass is 16.5. The van der Waals surface area contributed by atoms with Gasteiger partial charge in [-0.05, 0) is 106 Å². The Morgan fingerprint density at radius 1 is 0.857 bits per heavy atom. The van der Waals surface area contributed by atoms with E-state index in [0.717, 1.165) is 98.5 Å². The summed E-state index contributed by atoms with van der Waals surface area (Å²) in [5.74, 6) is 0.983. The molecule has 0 radical (unpaired) electrons. The molecule has 2 N–H and O–H groups in total. The highest BCUT2D eigenvalue weighted by molar-refractivity contribution is 6.05. The van der Waals surface area contributed by atoms with Crippen LogP contribution in [0.15, 0.2) is 59.5 Å². The molecule has 2 bridgehead atoms. The number of rotatable bonds is 5. The molecule has 4 aliphatic rings. The van der Waals surface area contributed by atoms with Gasteiger partial charge < -0.3 is 19.7 Å². The molecule has 3 aromatic heterocycles. The second-order valence-corrected chi connectivity index (χ2v) is 15.9. The van der Waals surface area contributed by atoms with Gasteiger partial charge in [-0.15, -0.1) is 0 Å². The SMILES string of the molecule is Cn1c(=O)n(C2CCC(=O)NC2=O)c2cccc(C3CCN(C[C@H]4CC[C@H](n5cc6cc7c(cc6n5)OCCCCOc5cccc(n5)C(=O)N7)CC4)CC3)c21. The Morgan fingerprint density at radius 3 is 2.45 bits per heavy atom. The summed E-state index contributed by atoms with van der Waals surface area (Å²) in [6.07, 6.45) is 10.7. The van der Waals surface area contributed by atoms with Gasteiger partial charge in [-0.25, -0.2) is 9.78 Å². The van der Waals surface area contributed by atoms with Crippen LogP contribution in [0.1, 0.15) is 98.3 Å². The Labute approximate surface area is 324 Å². The molecule has 0 spiro atoms. The van der Waals surface area contributed by atoms with Crippen molar-refractivity contribution in [2.45, 2.75) is 82.2 Å². The number of para-hydroxylation sites is 1. The number of imide groups is 1. The van der Waals surface area contributed by atoms with E-state index in [1.807, 2.05) is 24.3 Å². The number of anilines is 1. The van der Waals surface area contributed by atoms with Gasteiger partial charge >= 0.3 is 5.69 Å². The number of amides is 3. The number of imidazole rings is 1. The number of hydrogen-bond donors (Lipinski definition) is 2. The fourth-order valence-electron chi connectivity index (χ4n) is 9.26. The number of fused-ring (bicyclic) bond motifs is 5. The monoisotopic (exact) mass is 760 g/mol. The number of nitrogens with one attached hydrogen (secondary N) is 2. The van der Waals surface area contributed by atoms with Crippen LogP contribution in [0.3, 0.4) is 0 Å². The van der Waals surface area contributed by atoms with Crippen LogP contribution in [0.2, 0.25) is 0 Å². The first-order valence-corrected chi connectivity index (χ1v) is 20.1. The average molecular weight is 761 g/mol. The van der Waals surface area contributed by atoms with Gasteiger partial charge in [0.05, 0.1) is 41.5 Å². The Bertz CT molecular complexity index is 2360. The Balaban J connectivity index is 0.826. The first kappa shape index (κ1) is 36.2. The third kappa shape index (κ3) is 7.06. The van der Waals surface area contributed by atoms with Gasteiger partial charge in [0.25, 0.3) is 5.91 Å². The minimum absolute atomic E-state index is 0.220. The zero-order chi connectivity index (χ0) is 38.3. The topological polar surface area (TPSA) is 155 Å². The lowest BCUT2D eigenvalue weighted by Gasteiger charge is -2.37. The molecule has 6 heterocycles. The zero-order valence-electron chi connectivity index (χ0n) is 31.7. The summed E-state index contributed by atoms with van der Waals surface area (Å²) in [5, 5.41) is 11.4. The van der Waals surface area contributed by atoms with Crippen molar-refractivity contribution in [3.63, 3.8) is 0 Å². The van der Waals surface area contributed by atoms with Crippen molar-refractivity contribution in [3.8, 4) is 11.6 Å². The van der Waals surface area contributed by atoms with Crippen LogP contribution < -0.4 is 25.8 Å². The standard InChI is InChI=1S/C42H48N8O6/c1-47-39-30(6-4-8-34(39)50(42(47)54)35-14-15-37(51)45-41(35)53)27-16-18-48(19-17-27)24-26-10-12-29(13-11-26)49-25-28-22-33-36(23-32(28)46-49)55-20-2-3-21-56-38-9-5-7-31(43-38)40(52)44-33/h4-9,22-23,25-27,29,35H,2-3,10-21,24H2,1H3,(H,44,52)(H,45,51,53)/t26-,29-,35?. The molecule has 14 nitrogen and oxygen atoms in total.